The summed E-state index contributed by atoms with van der Waals surface area (Å²) in [6.45, 7) is 2.65. The van der Waals surface area contributed by atoms with Crippen LogP contribution in [0.25, 0.3) is 0 Å². The van der Waals surface area contributed by atoms with Gasteiger partial charge in [0.25, 0.3) is 5.91 Å². The van der Waals surface area contributed by atoms with Gasteiger partial charge in [0.05, 0.1) is 0 Å². The number of thioether (sulfide) groups is 1. The van der Waals surface area contributed by atoms with Gasteiger partial charge in [-0.1, -0.05) is 12.5 Å². The Kier molecular flexibility index (Phi) is 4.53. The molecule has 2 rings (SSSR count). The van der Waals surface area contributed by atoms with Crippen molar-refractivity contribution < 1.29 is 4.79 Å². The number of hydrogen-bond donors (Lipinski definition) is 2. The average Bonchev–Trinajstić information content (AvgIpc) is 2.40. The molecule has 1 aromatic rings. The number of carbonyl (C=O) groups excluding carboxylic acids is 1. The summed E-state index contributed by atoms with van der Waals surface area (Å²) in [5.41, 5.74) is 8.05. The molecule has 3 nitrogen and oxygen atoms in total. The molecular weight excluding hydrogens is 244 g/mol. The summed E-state index contributed by atoms with van der Waals surface area (Å²) >= 11 is 1.97. The van der Waals surface area contributed by atoms with E-state index in [0.29, 0.717) is 16.5 Å². The quantitative estimate of drug-likeness (QED) is 0.825. The van der Waals surface area contributed by atoms with Gasteiger partial charge in [-0.3, -0.25) is 4.79 Å². The second-order valence-electron chi connectivity index (χ2n) is 4.72. The van der Waals surface area contributed by atoms with Gasteiger partial charge in [-0.05, 0) is 43.2 Å². The van der Waals surface area contributed by atoms with E-state index in [1.54, 1.807) is 0 Å². The van der Waals surface area contributed by atoms with Gasteiger partial charge in [0.2, 0.25) is 0 Å². The van der Waals surface area contributed by atoms with Crippen LogP contribution >= 0.6 is 11.8 Å². The lowest BCUT2D eigenvalue weighted by Gasteiger charge is -2.21. The van der Waals surface area contributed by atoms with E-state index < -0.39 is 0 Å². The molecule has 1 aromatic carbocycles. The van der Waals surface area contributed by atoms with Crippen LogP contribution in [0.4, 0.5) is 5.69 Å². The van der Waals surface area contributed by atoms with Crippen molar-refractivity contribution >= 4 is 23.4 Å². The van der Waals surface area contributed by atoms with Gasteiger partial charge in [0.15, 0.2) is 0 Å². The van der Waals surface area contributed by atoms with Gasteiger partial charge in [0, 0.05) is 23.0 Å². The Morgan fingerprint density at radius 2 is 2.33 bits per heavy atom. The van der Waals surface area contributed by atoms with Crippen molar-refractivity contribution in [3.8, 4) is 0 Å². The molecule has 4 heteroatoms. The Morgan fingerprint density at radius 1 is 1.50 bits per heavy atom. The minimum absolute atomic E-state index is 0.00836. The monoisotopic (exact) mass is 264 g/mol. The zero-order valence-corrected chi connectivity index (χ0v) is 11.6. The Labute approximate surface area is 113 Å². The first kappa shape index (κ1) is 13.3. The van der Waals surface area contributed by atoms with E-state index in [0.717, 1.165) is 12.1 Å². The molecule has 0 radical (unpaired) electrons. The molecule has 1 heterocycles. The summed E-state index contributed by atoms with van der Waals surface area (Å²) in [6, 6.07) is 5.48. The van der Waals surface area contributed by atoms with E-state index in [1.165, 1.54) is 25.0 Å². The van der Waals surface area contributed by atoms with Crippen LogP contribution in [0.15, 0.2) is 18.2 Å². The molecule has 1 unspecified atom stereocenters. The average molecular weight is 264 g/mol. The molecule has 0 aromatic heterocycles. The van der Waals surface area contributed by atoms with E-state index in [1.807, 2.05) is 36.9 Å². The topological polar surface area (TPSA) is 55.1 Å². The van der Waals surface area contributed by atoms with E-state index in [-0.39, 0.29) is 5.91 Å². The van der Waals surface area contributed by atoms with Crippen molar-refractivity contribution in [1.82, 2.24) is 5.32 Å². The Balaban J connectivity index is 1.93. The van der Waals surface area contributed by atoms with Crippen LogP contribution in [0.2, 0.25) is 0 Å². The predicted molar refractivity (Wildman–Crippen MR) is 78.0 cm³/mol. The summed E-state index contributed by atoms with van der Waals surface area (Å²) in [7, 11) is 0. The molecule has 1 aliphatic heterocycles. The largest absolute Gasteiger partial charge is 0.398 e. The van der Waals surface area contributed by atoms with Gasteiger partial charge in [-0.15, -0.1) is 0 Å². The number of benzene rings is 1. The summed E-state index contributed by atoms with van der Waals surface area (Å²) in [6.07, 6.45) is 3.80. The van der Waals surface area contributed by atoms with Crippen LogP contribution in [-0.2, 0) is 0 Å². The third-order valence-electron chi connectivity index (χ3n) is 3.38. The summed E-state index contributed by atoms with van der Waals surface area (Å²) in [5.74, 6) is 1.21. The van der Waals surface area contributed by atoms with Gasteiger partial charge in [-0.25, -0.2) is 0 Å². The molecule has 1 fully saturated rings. The SMILES string of the molecule is Cc1c(N)cccc1C(=O)NCC1CCCCS1. The first-order chi connectivity index (χ1) is 8.68. The fraction of sp³-hybridized carbons (Fsp3) is 0.500. The maximum absolute atomic E-state index is 12.1. The first-order valence-corrected chi connectivity index (χ1v) is 7.48. The molecule has 0 bridgehead atoms. The fourth-order valence-electron chi connectivity index (χ4n) is 2.17. The third kappa shape index (κ3) is 3.19. The summed E-state index contributed by atoms with van der Waals surface area (Å²) < 4.78 is 0. The highest BCUT2D eigenvalue weighted by Gasteiger charge is 2.16. The van der Waals surface area contributed by atoms with Crippen LogP contribution in [0.5, 0.6) is 0 Å². The van der Waals surface area contributed by atoms with Crippen LogP contribution in [-0.4, -0.2) is 23.5 Å². The number of rotatable bonds is 3. The normalized spacial score (nSPS) is 19.5. The first-order valence-electron chi connectivity index (χ1n) is 6.43. The standard InChI is InChI=1S/C14H20N2OS/c1-10-12(6-4-7-13(10)15)14(17)16-9-11-5-2-3-8-18-11/h4,6-7,11H,2-3,5,8-9,15H2,1H3,(H,16,17). The molecule has 98 valence electrons. The lowest BCUT2D eigenvalue weighted by Crippen LogP contribution is -2.32. The molecule has 0 aliphatic carbocycles. The Hall–Kier alpha value is -1.16. The van der Waals surface area contributed by atoms with Crippen LogP contribution in [0.3, 0.4) is 0 Å². The van der Waals surface area contributed by atoms with Crippen molar-refractivity contribution in [2.45, 2.75) is 31.4 Å². The van der Waals surface area contributed by atoms with Crippen molar-refractivity contribution in [1.29, 1.82) is 0 Å². The zero-order valence-electron chi connectivity index (χ0n) is 10.7. The van der Waals surface area contributed by atoms with Crippen LogP contribution in [0, 0.1) is 6.92 Å². The molecule has 1 amide bonds. The van der Waals surface area contributed by atoms with Gasteiger partial charge < -0.3 is 11.1 Å². The molecule has 1 saturated heterocycles. The lowest BCUT2D eigenvalue weighted by molar-refractivity contribution is 0.0953. The van der Waals surface area contributed by atoms with Crippen molar-refractivity contribution in [3.63, 3.8) is 0 Å². The molecule has 1 atom stereocenters. The second kappa shape index (κ2) is 6.14. The Bertz CT molecular complexity index is 428. The van der Waals surface area contributed by atoms with E-state index in [4.69, 9.17) is 5.73 Å². The number of amides is 1. The van der Waals surface area contributed by atoms with Crippen LogP contribution < -0.4 is 11.1 Å². The predicted octanol–water partition coefficient (Wildman–Crippen LogP) is 2.59. The molecule has 1 aliphatic rings. The highest BCUT2D eigenvalue weighted by atomic mass is 32.2. The maximum atomic E-state index is 12.1. The molecule has 0 saturated carbocycles. The van der Waals surface area contributed by atoms with Crippen molar-refractivity contribution in [2.75, 3.05) is 18.0 Å². The molecule has 18 heavy (non-hydrogen) atoms. The number of nitrogens with two attached hydrogens (primary N) is 1. The lowest BCUT2D eigenvalue weighted by atomic mass is 10.1. The number of hydrogen-bond acceptors (Lipinski definition) is 3. The number of nitrogens with one attached hydrogen (secondary N) is 1. The smallest absolute Gasteiger partial charge is 0.251 e. The minimum atomic E-state index is -0.00836. The second-order valence-corrected chi connectivity index (χ2v) is 6.13. The van der Waals surface area contributed by atoms with Gasteiger partial charge in [-0.2, -0.15) is 11.8 Å². The van der Waals surface area contributed by atoms with Gasteiger partial charge >= 0.3 is 0 Å². The van der Waals surface area contributed by atoms with Crippen molar-refractivity contribution in [2.24, 2.45) is 0 Å². The fourth-order valence-corrected chi connectivity index (χ4v) is 3.41. The summed E-state index contributed by atoms with van der Waals surface area (Å²) in [5, 5.41) is 3.59. The highest BCUT2D eigenvalue weighted by Crippen LogP contribution is 2.24. The maximum Gasteiger partial charge on any atom is 0.251 e. The zero-order chi connectivity index (χ0) is 13.0. The van der Waals surface area contributed by atoms with Crippen molar-refractivity contribution in [3.05, 3.63) is 29.3 Å². The molecule has 0 spiro atoms. The number of carbonyl (C=O) groups is 1. The highest BCUT2D eigenvalue weighted by molar-refractivity contribution is 7.99. The summed E-state index contributed by atoms with van der Waals surface area (Å²) in [4.78, 5) is 12.1. The minimum Gasteiger partial charge on any atom is -0.398 e. The van der Waals surface area contributed by atoms with Gasteiger partial charge in [0.1, 0.15) is 0 Å². The molecular formula is C14H20N2OS. The van der Waals surface area contributed by atoms with Crippen LogP contribution in [0.1, 0.15) is 35.2 Å². The number of nitrogen functional groups attached to an aromatic ring is 1. The van der Waals surface area contributed by atoms with E-state index >= 15 is 0 Å². The number of anilines is 1. The Morgan fingerprint density at radius 3 is 3.06 bits per heavy atom. The molecule has 3 N–H and O–H groups in total. The van der Waals surface area contributed by atoms with E-state index in [9.17, 15) is 4.79 Å². The van der Waals surface area contributed by atoms with E-state index in [2.05, 4.69) is 5.32 Å². The third-order valence-corrected chi connectivity index (χ3v) is 4.78.